The first kappa shape index (κ1) is 19.3. The van der Waals surface area contributed by atoms with Crippen molar-refractivity contribution < 1.29 is 26.8 Å². The Morgan fingerprint density at radius 2 is 1.83 bits per heavy atom. The minimum atomic E-state index is -4.42. The molecule has 4 rings (SSSR count). The summed E-state index contributed by atoms with van der Waals surface area (Å²) in [4.78, 5) is 23.8. The van der Waals surface area contributed by atoms with Crippen molar-refractivity contribution in [3.63, 3.8) is 0 Å². The van der Waals surface area contributed by atoms with Gasteiger partial charge in [-0.2, -0.15) is 0 Å². The summed E-state index contributed by atoms with van der Waals surface area (Å²) in [5.41, 5.74) is 5.28. The van der Waals surface area contributed by atoms with Gasteiger partial charge in [0.05, 0.1) is 22.4 Å². The summed E-state index contributed by atoms with van der Waals surface area (Å²) in [5.74, 6) is -3.26. The van der Waals surface area contributed by atoms with Gasteiger partial charge in [-0.05, 0) is 42.7 Å². The van der Waals surface area contributed by atoms with Gasteiger partial charge in [-0.15, -0.1) is 0 Å². The quantitative estimate of drug-likeness (QED) is 0.703. The van der Waals surface area contributed by atoms with Crippen LogP contribution in [0.3, 0.4) is 0 Å². The summed E-state index contributed by atoms with van der Waals surface area (Å²) < 4.78 is 54.5. The predicted molar refractivity (Wildman–Crippen MR) is 101 cm³/mol. The number of halogens is 2. The molecular formula is C19H17F2N3O4S. The molecule has 29 heavy (non-hydrogen) atoms. The van der Waals surface area contributed by atoms with Gasteiger partial charge in [0.15, 0.2) is 0 Å². The second-order valence-electron chi connectivity index (χ2n) is 7.23. The summed E-state index contributed by atoms with van der Waals surface area (Å²) in [6.07, 6.45) is 2.75. The molecule has 0 atom stereocenters. The van der Waals surface area contributed by atoms with Crippen LogP contribution in [0.5, 0.6) is 0 Å². The van der Waals surface area contributed by atoms with Crippen molar-refractivity contribution in [1.82, 2.24) is 0 Å². The number of fused-ring (bicyclic) bond motifs is 2. The molecule has 0 unspecified atom stereocenters. The molecule has 2 aromatic carbocycles. The normalized spacial score (nSPS) is 17.2. The Balaban J connectivity index is 1.82. The Labute approximate surface area is 165 Å². The molecule has 152 valence electrons. The SMILES string of the molecule is NC(=O)c1cc(NS(=O)(=O)c2ccc(F)cc2F)cc2c1NC(=O)C21CCCC1. The molecule has 0 saturated heterocycles. The third-order valence-corrected chi connectivity index (χ3v) is 6.90. The highest BCUT2D eigenvalue weighted by molar-refractivity contribution is 7.92. The number of nitrogens with one attached hydrogen (secondary N) is 2. The van der Waals surface area contributed by atoms with Crippen LogP contribution >= 0.6 is 0 Å². The highest BCUT2D eigenvalue weighted by Crippen LogP contribution is 2.50. The fourth-order valence-corrected chi connectivity index (χ4v) is 5.24. The lowest BCUT2D eigenvalue weighted by Crippen LogP contribution is -2.31. The van der Waals surface area contributed by atoms with E-state index in [1.54, 1.807) is 0 Å². The zero-order valence-electron chi connectivity index (χ0n) is 15.1. The number of rotatable bonds is 4. The van der Waals surface area contributed by atoms with Gasteiger partial charge in [-0.25, -0.2) is 17.2 Å². The zero-order valence-corrected chi connectivity index (χ0v) is 15.9. The summed E-state index contributed by atoms with van der Waals surface area (Å²) in [6.45, 7) is 0. The van der Waals surface area contributed by atoms with Crippen LogP contribution in [0.1, 0.15) is 41.6 Å². The van der Waals surface area contributed by atoms with Gasteiger partial charge >= 0.3 is 0 Å². The standard InChI is InChI=1S/C19H17F2N3O4S/c20-10-3-4-15(14(21)7-10)29(27,28)24-11-8-12(17(22)25)16-13(9-11)19(18(26)23-16)5-1-2-6-19/h3-4,7-9,24H,1-2,5-6H2,(H2,22,25)(H,23,26). The Hall–Kier alpha value is -3.01. The number of carbonyl (C=O) groups is 2. The number of amides is 2. The zero-order chi connectivity index (χ0) is 21.0. The molecule has 0 bridgehead atoms. The van der Waals surface area contributed by atoms with Gasteiger partial charge in [-0.3, -0.25) is 14.3 Å². The van der Waals surface area contributed by atoms with E-state index in [9.17, 15) is 26.8 Å². The summed E-state index contributed by atoms with van der Waals surface area (Å²) in [6, 6.07) is 4.74. The summed E-state index contributed by atoms with van der Waals surface area (Å²) in [5, 5.41) is 2.70. The van der Waals surface area contributed by atoms with Gasteiger partial charge in [0, 0.05) is 6.07 Å². The van der Waals surface area contributed by atoms with Gasteiger partial charge in [0.2, 0.25) is 5.91 Å². The van der Waals surface area contributed by atoms with Crippen LogP contribution in [-0.2, 0) is 20.2 Å². The van der Waals surface area contributed by atoms with Crippen molar-refractivity contribution in [3.05, 3.63) is 53.1 Å². The largest absolute Gasteiger partial charge is 0.366 e. The van der Waals surface area contributed by atoms with E-state index in [0.29, 0.717) is 24.5 Å². The van der Waals surface area contributed by atoms with E-state index in [1.807, 2.05) is 0 Å². The molecule has 0 aromatic heterocycles. The summed E-state index contributed by atoms with van der Waals surface area (Å²) in [7, 11) is -4.42. The molecule has 2 aromatic rings. The second-order valence-corrected chi connectivity index (χ2v) is 8.89. The van der Waals surface area contributed by atoms with E-state index in [2.05, 4.69) is 10.0 Å². The highest BCUT2D eigenvalue weighted by Gasteiger charge is 2.49. The van der Waals surface area contributed by atoms with Crippen LogP contribution in [0.2, 0.25) is 0 Å². The number of carbonyl (C=O) groups excluding carboxylic acids is 2. The molecule has 1 fully saturated rings. The second kappa shape index (κ2) is 6.51. The third-order valence-electron chi connectivity index (χ3n) is 5.49. The molecular weight excluding hydrogens is 404 g/mol. The molecule has 0 radical (unpaired) electrons. The van der Waals surface area contributed by atoms with Crippen molar-refractivity contribution in [2.75, 3.05) is 10.0 Å². The molecule has 1 aliphatic heterocycles. The Bertz CT molecular complexity index is 1160. The first-order valence-electron chi connectivity index (χ1n) is 8.92. The van der Waals surface area contributed by atoms with Crippen LogP contribution in [0.4, 0.5) is 20.2 Å². The number of hydrogen-bond donors (Lipinski definition) is 3. The van der Waals surface area contributed by atoms with E-state index in [0.717, 1.165) is 25.0 Å². The third kappa shape index (κ3) is 3.03. The Kier molecular flexibility index (Phi) is 4.34. The smallest absolute Gasteiger partial charge is 0.264 e. The average molecular weight is 421 g/mol. The average Bonchev–Trinajstić information content (AvgIpc) is 3.21. The van der Waals surface area contributed by atoms with Crippen molar-refractivity contribution in [2.24, 2.45) is 5.73 Å². The highest BCUT2D eigenvalue weighted by atomic mass is 32.2. The molecule has 7 nitrogen and oxygen atoms in total. The molecule has 4 N–H and O–H groups in total. The molecule has 2 amide bonds. The van der Waals surface area contributed by atoms with Gasteiger partial charge in [0.1, 0.15) is 16.5 Å². The maximum Gasteiger partial charge on any atom is 0.264 e. The molecule has 1 heterocycles. The number of nitrogens with two attached hydrogens (primary N) is 1. The van der Waals surface area contributed by atoms with Crippen LogP contribution in [0.25, 0.3) is 0 Å². The summed E-state index contributed by atoms with van der Waals surface area (Å²) >= 11 is 0. The van der Waals surface area contributed by atoms with Crippen LogP contribution in [0, 0.1) is 11.6 Å². The number of sulfonamides is 1. The molecule has 10 heteroatoms. The number of anilines is 2. The fraction of sp³-hybridized carbons (Fsp3) is 0.263. The van der Waals surface area contributed by atoms with E-state index in [4.69, 9.17) is 5.73 Å². The number of hydrogen-bond acceptors (Lipinski definition) is 4. The monoisotopic (exact) mass is 421 g/mol. The van der Waals surface area contributed by atoms with Crippen molar-refractivity contribution in [2.45, 2.75) is 36.0 Å². The van der Waals surface area contributed by atoms with Crippen LogP contribution in [-0.4, -0.2) is 20.2 Å². The Morgan fingerprint density at radius 1 is 1.14 bits per heavy atom. The fourth-order valence-electron chi connectivity index (χ4n) is 4.14. The maximum absolute atomic E-state index is 14.0. The van der Waals surface area contributed by atoms with Gasteiger partial charge in [-0.1, -0.05) is 12.8 Å². The van der Waals surface area contributed by atoms with E-state index in [-0.39, 0.29) is 22.8 Å². The first-order valence-corrected chi connectivity index (χ1v) is 10.4. The van der Waals surface area contributed by atoms with Crippen LogP contribution < -0.4 is 15.8 Å². The van der Waals surface area contributed by atoms with Gasteiger partial charge < -0.3 is 11.1 Å². The molecule has 1 spiro atoms. The number of benzene rings is 2. The van der Waals surface area contributed by atoms with Gasteiger partial charge in [0.25, 0.3) is 15.9 Å². The van der Waals surface area contributed by atoms with E-state index in [1.165, 1.54) is 12.1 Å². The molecule has 1 saturated carbocycles. The molecule has 1 aliphatic carbocycles. The van der Waals surface area contributed by atoms with Crippen molar-refractivity contribution in [3.8, 4) is 0 Å². The minimum absolute atomic E-state index is 0.0379. The topological polar surface area (TPSA) is 118 Å². The van der Waals surface area contributed by atoms with E-state index < -0.39 is 37.9 Å². The Morgan fingerprint density at radius 3 is 2.45 bits per heavy atom. The lowest BCUT2D eigenvalue weighted by Gasteiger charge is -2.21. The van der Waals surface area contributed by atoms with Crippen molar-refractivity contribution >= 4 is 33.2 Å². The van der Waals surface area contributed by atoms with Crippen LogP contribution in [0.15, 0.2) is 35.2 Å². The minimum Gasteiger partial charge on any atom is -0.366 e. The predicted octanol–water partition coefficient (Wildman–Crippen LogP) is 2.63. The molecule has 2 aliphatic rings. The lowest BCUT2D eigenvalue weighted by molar-refractivity contribution is -0.120. The van der Waals surface area contributed by atoms with E-state index >= 15 is 0 Å². The number of primary amides is 1. The van der Waals surface area contributed by atoms with Crippen molar-refractivity contribution in [1.29, 1.82) is 0 Å². The lowest BCUT2D eigenvalue weighted by atomic mass is 9.79. The first-order chi connectivity index (χ1) is 13.6. The maximum atomic E-state index is 14.0.